The van der Waals surface area contributed by atoms with Gasteiger partial charge in [0.25, 0.3) is 5.91 Å². The van der Waals surface area contributed by atoms with Crippen molar-refractivity contribution in [3.8, 4) is 10.4 Å². The Labute approximate surface area is 147 Å². The number of primary amides is 1. The van der Waals surface area contributed by atoms with Crippen LogP contribution in [0.15, 0.2) is 30.3 Å². The summed E-state index contributed by atoms with van der Waals surface area (Å²) in [6, 6.07) is 9.07. The number of thiophene rings is 1. The summed E-state index contributed by atoms with van der Waals surface area (Å²) in [4.78, 5) is 27.0. The summed E-state index contributed by atoms with van der Waals surface area (Å²) in [5.74, 6) is -0.651. The third-order valence-corrected chi connectivity index (χ3v) is 5.76. The second-order valence-electron chi connectivity index (χ2n) is 5.43. The van der Waals surface area contributed by atoms with E-state index < -0.39 is 0 Å². The molecule has 1 aliphatic heterocycles. The SMILES string of the molecule is NC(=O)C1CCN(C(=O)c2ccc(-c3ccc(Cl)c(Cl)c3)s2)C1. The molecule has 1 aromatic heterocycles. The van der Waals surface area contributed by atoms with E-state index in [2.05, 4.69) is 0 Å². The molecule has 1 saturated heterocycles. The predicted octanol–water partition coefficient (Wildman–Crippen LogP) is 3.67. The second kappa shape index (κ2) is 6.51. The Kier molecular flexibility index (Phi) is 4.62. The highest BCUT2D eigenvalue weighted by atomic mass is 35.5. The zero-order valence-corrected chi connectivity index (χ0v) is 14.4. The topological polar surface area (TPSA) is 63.4 Å². The molecule has 1 atom stereocenters. The number of likely N-dealkylation sites (tertiary alicyclic amines) is 1. The molecule has 0 radical (unpaired) electrons. The van der Waals surface area contributed by atoms with Crippen LogP contribution in [0.1, 0.15) is 16.1 Å². The van der Waals surface area contributed by atoms with Gasteiger partial charge in [0.1, 0.15) is 0 Å². The van der Waals surface area contributed by atoms with Crippen LogP contribution in [-0.4, -0.2) is 29.8 Å². The van der Waals surface area contributed by atoms with Gasteiger partial charge in [-0.05, 0) is 36.2 Å². The average Bonchev–Trinajstić information content (AvgIpc) is 3.18. The van der Waals surface area contributed by atoms with E-state index in [4.69, 9.17) is 28.9 Å². The fourth-order valence-corrected chi connectivity index (χ4v) is 3.86. The minimum atomic E-state index is -0.344. The summed E-state index contributed by atoms with van der Waals surface area (Å²) in [5.41, 5.74) is 6.22. The Morgan fingerprint density at radius 2 is 1.96 bits per heavy atom. The number of carbonyl (C=O) groups is 2. The fraction of sp³-hybridized carbons (Fsp3) is 0.250. The number of hydrogen-bond acceptors (Lipinski definition) is 3. The van der Waals surface area contributed by atoms with E-state index in [1.807, 2.05) is 12.1 Å². The van der Waals surface area contributed by atoms with Gasteiger partial charge in [0.2, 0.25) is 5.91 Å². The van der Waals surface area contributed by atoms with Gasteiger partial charge in [0.05, 0.1) is 20.8 Å². The number of nitrogens with zero attached hydrogens (tertiary/aromatic N) is 1. The van der Waals surface area contributed by atoms with Gasteiger partial charge in [-0.15, -0.1) is 11.3 Å². The molecular weight excluding hydrogens is 355 g/mol. The molecule has 0 aliphatic carbocycles. The average molecular weight is 369 g/mol. The molecule has 1 aromatic carbocycles. The van der Waals surface area contributed by atoms with Gasteiger partial charge in [0.15, 0.2) is 0 Å². The van der Waals surface area contributed by atoms with Crippen molar-refractivity contribution >= 4 is 46.4 Å². The molecule has 2 amide bonds. The molecular formula is C16H14Cl2N2O2S. The van der Waals surface area contributed by atoms with E-state index >= 15 is 0 Å². The predicted molar refractivity (Wildman–Crippen MR) is 93.0 cm³/mol. The Bertz CT molecular complexity index is 775. The van der Waals surface area contributed by atoms with Crippen LogP contribution in [0.5, 0.6) is 0 Å². The Balaban J connectivity index is 1.78. The Morgan fingerprint density at radius 1 is 1.17 bits per heavy atom. The third kappa shape index (κ3) is 3.37. The van der Waals surface area contributed by atoms with E-state index in [1.54, 1.807) is 23.1 Å². The lowest BCUT2D eigenvalue weighted by Crippen LogP contribution is -2.31. The maximum absolute atomic E-state index is 12.5. The van der Waals surface area contributed by atoms with Crippen molar-refractivity contribution in [3.05, 3.63) is 45.3 Å². The third-order valence-electron chi connectivity index (χ3n) is 3.90. The maximum atomic E-state index is 12.5. The van der Waals surface area contributed by atoms with Crippen molar-refractivity contribution in [1.29, 1.82) is 0 Å². The summed E-state index contributed by atoms with van der Waals surface area (Å²) in [7, 11) is 0. The van der Waals surface area contributed by atoms with Gasteiger partial charge in [-0.2, -0.15) is 0 Å². The molecule has 2 heterocycles. The monoisotopic (exact) mass is 368 g/mol. The molecule has 2 aromatic rings. The number of benzene rings is 1. The number of rotatable bonds is 3. The summed E-state index contributed by atoms with van der Waals surface area (Å²) < 4.78 is 0. The molecule has 23 heavy (non-hydrogen) atoms. The van der Waals surface area contributed by atoms with E-state index in [1.165, 1.54) is 11.3 Å². The summed E-state index contributed by atoms with van der Waals surface area (Å²) in [6.07, 6.45) is 0.631. The van der Waals surface area contributed by atoms with Crippen LogP contribution >= 0.6 is 34.5 Å². The lowest BCUT2D eigenvalue weighted by molar-refractivity contribution is -0.121. The number of amides is 2. The molecule has 2 N–H and O–H groups in total. The molecule has 1 fully saturated rings. The van der Waals surface area contributed by atoms with Crippen LogP contribution < -0.4 is 5.73 Å². The molecule has 3 rings (SSSR count). The van der Waals surface area contributed by atoms with Crippen LogP contribution in [0.25, 0.3) is 10.4 Å². The molecule has 0 saturated carbocycles. The van der Waals surface area contributed by atoms with Crippen molar-refractivity contribution in [3.63, 3.8) is 0 Å². The molecule has 4 nitrogen and oxygen atoms in total. The highest BCUT2D eigenvalue weighted by Gasteiger charge is 2.30. The zero-order valence-electron chi connectivity index (χ0n) is 12.1. The van der Waals surface area contributed by atoms with Gasteiger partial charge in [-0.1, -0.05) is 29.3 Å². The van der Waals surface area contributed by atoms with E-state index in [0.29, 0.717) is 34.4 Å². The zero-order chi connectivity index (χ0) is 16.6. The van der Waals surface area contributed by atoms with E-state index in [-0.39, 0.29) is 17.7 Å². The Morgan fingerprint density at radius 3 is 2.61 bits per heavy atom. The van der Waals surface area contributed by atoms with Crippen LogP contribution in [0.2, 0.25) is 10.0 Å². The molecule has 1 unspecified atom stereocenters. The lowest BCUT2D eigenvalue weighted by Gasteiger charge is -2.14. The van der Waals surface area contributed by atoms with Gasteiger partial charge in [-0.3, -0.25) is 9.59 Å². The summed E-state index contributed by atoms with van der Waals surface area (Å²) in [6.45, 7) is 0.959. The van der Waals surface area contributed by atoms with E-state index in [0.717, 1.165) is 10.4 Å². The quantitative estimate of drug-likeness (QED) is 0.897. The standard InChI is InChI=1S/C16H14Cl2N2O2S/c17-11-2-1-9(7-12(11)18)13-3-4-14(23-13)16(22)20-6-5-10(8-20)15(19)21/h1-4,7,10H,5-6,8H2,(H2,19,21). The summed E-state index contributed by atoms with van der Waals surface area (Å²) >= 11 is 13.4. The fourth-order valence-electron chi connectivity index (χ4n) is 2.59. The normalized spacial score (nSPS) is 17.5. The van der Waals surface area contributed by atoms with Gasteiger partial charge in [-0.25, -0.2) is 0 Å². The molecule has 7 heteroatoms. The van der Waals surface area contributed by atoms with Crippen LogP contribution in [-0.2, 0) is 4.79 Å². The largest absolute Gasteiger partial charge is 0.369 e. The number of carbonyl (C=O) groups excluding carboxylic acids is 2. The molecule has 0 spiro atoms. The van der Waals surface area contributed by atoms with Crippen molar-refractivity contribution < 1.29 is 9.59 Å². The molecule has 120 valence electrons. The smallest absolute Gasteiger partial charge is 0.263 e. The highest BCUT2D eigenvalue weighted by Crippen LogP contribution is 2.33. The van der Waals surface area contributed by atoms with Crippen LogP contribution in [0.3, 0.4) is 0 Å². The van der Waals surface area contributed by atoms with Crippen molar-refractivity contribution in [1.82, 2.24) is 4.90 Å². The van der Waals surface area contributed by atoms with Gasteiger partial charge in [0, 0.05) is 18.0 Å². The minimum absolute atomic E-state index is 0.0648. The van der Waals surface area contributed by atoms with E-state index in [9.17, 15) is 9.59 Å². The summed E-state index contributed by atoms with van der Waals surface area (Å²) in [5, 5.41) is 0.979. The first-order valence-corrected chi connectivity index (χ1v) is 8.67. The first kappa shape index (κ1) is 16.3. The first-order chi connectivity index (χ1) is 11.0. The second-order valence-corrected chi connectivity index (χ2v) is 7.33. The van der Waals surface area contributed by atoms with Crippen molar-refractivity contribution in [2.45, 2.75) is 6.42 Å². The number of hydrogen-bond donors (Lipinski definition) is 1. The van der Waals surface area contributed by atoms with Crippen molar-refractivity contribution in [2.75, 3.05) is 13.1 Å². The lowest BCUT2D eigenvalue weighted by atomic mass is 10.1. The highest BCUT2D eigenvalue weighted by molar-refractivity contribution is 7.17. The first-order valence-electron chi connectivity index (χ1n) is 7.09. The molecule has 0 bridgehead atoms. The Hall–Kier alpha value is -1.56. The molecule has 1 aliphatic rings. The van der Waals surface area contributed by atoms with Gasteiger partial charge < -0.3 is 10.6 Å². The van der Waals surface area contributed by atoms with Gasteiger partial charge >= 0.3 is 0 Å². The minimum Gasteiger partial charge on any atom is -0.369 e. The number of nitrogens with two attached hydrogens (primary N) is 1. The van der Waals surface area contributed by atoms with Crippen LogP contribution in [0.4, 0.5) is 0 Å². The van der Waals surface area contributed by atoms with Crippen molar-refractivity contribution in [2.24, 2.45) is 11.7 Å². The number of halogens is 2. The van der Waals surface area contributed by atoms with Crippen LogP contribution in [0, 0.1) is 5.92 Å². The maximum Gasteiger partial charge on any atom is 0.263 e.